The van der Waals surface area contributed by atoms with E-state index in [2.05, 4.69) is 17.5 Å². The van der Waals surface area contributed by atoms with Crippen LogP contribution in [0.25, 0.3) is 0 Å². The van der Waals surface area contributed by atoms with E-state index in [9.17, 15) is 9.59 Å². The molecule has 2 aromatic rings. The highest BCUT2D eigenvalue weighted by atomic mass is 16.5. The predicted octanol–water partition coefficient (Wildman–Crippen LogP) is 4.50. The molecule has 7 nitrogen and oxygen atoms in total. The molecule has 0 radical (unpaired) electrons. The van der Waals surface area contributed by atoms with Crippen molar-refractivity contribution in [3.63, 3.8) is 0 Å². The van der Waals surface area contributed by atoms with E-state index < -0.39 is 0 Å². The van der Waals surface area contributed by atoms with E-state index in [1.165, 1.54) is 17.7 Å². The largest absolute Gasteiger partial charge is 0.493 e. The average Bonchev–Trinajstić information content (AvgIpc) is 3.46. The Morgan fingerprint density at radius 2 is 1.88 bits per heavy atom. The molecule has 7 heteroatoms. The van der Waals surface area contributed by atoms with Gasteiger partial charge in [-0.05, 0) is 81.5 Å². The van der Waals surface area contributed by atoms with E-state index in [1.54, 1.807) is 43.5 Å². The number of methoxy groups -OCH3 is 1. The number of anilines is 1. The average molecular weight is 463 g/mol. The lowest BCUT2D eigenvalue weighted by atomic mass is 10.1. The molecule has 2 aromatic carbocycles. The van der Waals surface area contributed by atoms with Crippen LogP contribution in [0, 0.1) is 0 Å². The lowest BCUT2D eigenvalue weighted by Crippen LogP contribution is -2.29. The predicted molar refractivity (Wildman–Crippen MR) is 129 cm³/mol. The maximum absolute atomic E-state index is 13.2. The number of ether oxygens (including phenoxy) is 3. The summed E-state index contributed by atoms with van der Waals surface area (Å²) in [5.41, 5.74) is 1.18. The monoisotopic (exact) mass is 462 g/mol. The number of nitrogens with zero attached hydrogens (tertiary/aromatic N) is 1. The molecule has 1 fully saturated rings. The Balaban J connectivity index is 1.31. The highest BCUT2D eigenvalue weighted by Gasteiger charge is 2.37. The van der Waals surface area contributed by atoms with Crippen LogP contribution in [-0.4, -0.2) is 44.2 Å². The second-order valence-corrected chi connectivity index (χ2v) is 8.93. The van der Waals surface area contributed by atoms with Gasteiger partial charge in [-0.2, -0.15) is 0 Å². The van der Waals surface area contributed by atoms with E-state index in [0.717, 1.165) is 32.2 Å². The van der Waals surface area contributed by atoms with Crippen molar-refractivity contribution in [2.75, 3.05) is 25.2 Å². The second-order valence-electron chi connectivity index (χ2n) is 8.93. The number of carbonyl (C=O) groups is 2. The highest BCUT2D eigenvalue weighted by molar-refractivity contribution is 6.34. The molecule has 0 bridgehead atoms. The first-order chi connectivity index (χ1) is 16.6. The highest BCUT2D eigenvalue weighted by Crippen LogP contribution is 2.36. The van der Waals surface area contributed by atoms with Gasteiger partial charge in [0.1, 0.15) is 11.9 Å². The molecule has 1 saturated heterocycles. The fourth-order valence-electron chi connectivity index (χ4n) is 4.81. The smallest absolute Gasteiger partial charge is 0.266 e. The van der Waals surface area contributed by atoms with E-state index >= 15 is 0 Å². The van der Waals surface area contributed by atoms with Gasteiger partial charge < -0.3 is 19.5 Å². The zero-order valence-electron chi connectivity index (χ0n) is 19.4. The van der Waals surface area contributed by atoms with Crippen LogP contribution in [0.1, 0.15) is 59.2 Å². The molecule has 2 heterocycles. The molecule has 0 spiro atoms. The normalized spacial score (nSPS) is 21.6. The van der Waals surface area contributed by atoms with Crippen molar-refractivity contribution in [1.82, 2.24) is 5.32 Å². The van der Waals surface area contributed by atoms with Crippen LogP contribution in [0.2, 0.25) is 0 Å². The summed E-state index contributed by atoms with van der Waals surface area (Å²) in [7, 11) is 1.55. The van der Waals surface area contributed by atoms with Gasteiger partial charge in [0.15, 0.2) is 11.5 Å². The lowest BCUT2D eigenvalue weighted by molar-refractivity contribution is 0.0926. The molecule has 2 unspecified atom stereocenters. The topological polar surface area (TPSA) is 77.1 Å². The number of amides is 2. The lowest BCUT2D eigenvalue weighted by Gasteiger charge is -2.18. The maximum atomic E-state index is 13.2. The number of hydrogen-bond donors (Lipinski definition) is 1. The minimum atomic E-state index is -0.368. The van der Waals surface area contributed by atoms with Crippen molar-refractivity contribution in [1.29, 1.82) is 0 Å². The molecule has 2 amide bonds. The Morgan fingerprint density at radius 3 is 2.65 bits per heavy atom. The van der Waals surface area contributed by atoms with E-state index in [-0.39, 0.29) is 17.9 Å². The third kappa shape index (κ3) is 4.53. The Bertz CT molecular complexity index is 1110. The summed E-state index contributed by atoms with van der Waals surface area (Å²) >= 11 is 0. The molecule has 178 valence electrons. The van der Waals surface area contributed by atoms with Crippen molar-refractivity contribution < 1.29 is 23.8 Å². The summed E-state index contributed by atoms with van der Waals surface area (Å²) < 4.78 is 17.5. The first-order valence-corrected chi connectivity index (χ1v) is 12.0. The molecular formula is C27H30N2O5. The summed E-state index contributed by atoms with van der Waals surface area (Å²) in [6.07, 6.45) is 10.5. The van der Waals surface area contributed by atoms with Crippen LogP contribution in [-0.2, 0) is 0 Å². The van der Waals surface area contributed by atoms with Crippen LogP contribution in [0.3, 0.4) is 0 Å². The molecule has 3 aliphatic rings. The van der Waals surface area contributed by atoms with E-state index in [1.807, 2.05) is 0 Å². The number of rotatable bonds is 8. The van der Waals surface area contributed by atoms with Crippen LogP contribution in [0.4, 0.5) is 5.69 Å². The van der Waals surface area contributed by atoms with Crippen LogP contribution in [0.15, 0.2) is 48.6 Å². The van der Waals surface area contributed by atoms with Crippen molar-refractivity contribution in [2.24, 2.45) is 0 Å². The number of allylic oxidation sites excluding steroid dienone is 1. The summed E-state index contributed by atoms with van der Waals surface area (Å²) in [6, 6.07) is 10.7. The standard InChI is InChI=1S/C27H30N2O5/c1-32-25-16-19(9-12-24(25)33-15-13-18-6-5-14-28-18)29-26(30)22-11-10-21(17-23(22)27(29)31)34-20-7-3-2-4-8-20/h3,7,9-12,16-18,20,28H,2,4-6,8,13-15H2,1H3. The Morgan fingerprint density at radius 1 is 1.00 bits per heavy atom. The quantitative estimate of drug-likeness (QED) is 0.460. The van der Waals surface area contributed by atoms with Crippen LogP contribution < -0.4 is 24.4 Å². The Kier molecular flexibility index (Phi) is 6.54. The fraction of sp³-hybridized carbons (Fsp3) is 0.407. The van der Waals surface area contributed by atoms with Crippen molar-refractivity contribution in [3.8, 4) is 17.2 Å². The summed E-state index contributed by atoms with van der Waals surface area (Å²) in [5.74, 6) is 0.954. The maximum Gasteiger partial charge on any atom is 0.266 e. The zero-order chi connectivity index (χ0) is 23.5. The first-order valence-electron chi connectivity index (χ1n) is 12.0. The molecule has 5 rings (SSSR count). The van der Waals surface area contributed by atoms with Crippen LogP contribution >= 0.6 is 0 Å². The summed E-state index contributed by atoms with van der Waals surface area (Å²) in [5, 5.41) is 3.46. The number of benzene rings is 2. The van der Waals surface area contributed by atoms with Crippen LogP contribution in [0.5, 0.6) is 17.2 Å². The van der Waals surface area contributed by atoms with Gasteiger partial charge in [0.05, 0.1) is 30.5 Å². The summed E-state index contributed by atoms with van der Waals surface area (Å²) in [4.78, 5) is 27.5. The molecule has 1 N–H and O–H groups in total. The first kappa shape index (κ1) is 22.5. The Hall–Kier alpha value is -3.32. The SMILES string of the molecule is COc1cc(N2C(=O)c3ccc(OC4C=CCCC4)cc3C2=O)ccc1OCCC1CCCN1. The zero-order valence-corrected chi connectivity index (χ0v) is 19.4. The number of hydrogen-bond acceptors (Lipinski definition) is 6. The molecule has 2 atom stereocenters. The van der Waals surface area contributed by atoms with Crippen molar-refractivity contribution >= 4 is 17.5 Å². The molecular weight excluding hydrogens is 432 g/mol. The molecule has 2 aliphatic heterocycles. The van der Waals surface area contributed by atoms with Crippen molar-refractivity contribution in [2.45, 2.75) is 50.7 Å². The van der Waals surface area contributed by atoms with Gasteiger partial charge in [-0.3, -0.25) is 9.59 Å². The number of fused-ring (bicyclic) bond motifs is 1. The molecule has 34 heavy (non-hydrogen) atoms. The third-order valence-corrected chi connectivity index (χ3v) is 6.65. The van der Waals surface area contributed by atoms with Gasteiger partial charge in [0, 0.05) is 12.1 Å². The number of imide groups is 1. The van der Waals surface area contributed by atoms with E-state index in [0.29, 0.717) is 46.7 Å². The van der Waals surface area contributed by atoms with Gasteiger partial charge in [0.25, 0.3) is 11.8 Å². The Labute approximate surface area is 199 Å². The van der Waals surface area contributed by atoms with Gasteiger partial charge in [-0.15, -0.1) is 0 Å². The fourth-order valence-corrected chi connectivity index (χ4v) is 4.81. The van der Waals surface area contributed by atoms with Crippen molar-refractivity contribution in [3.05, 3.63) is 59.7 Å². The van der Waals surface area contributed by atoms with Gasteiger partial charge in [-0.1, -0.05) is 6.08 Å². The third-order valence-electron chi connectivity index (χ3n) is 6.65. The van der Waals surface area contributed by atoms with E-state index in [4.69, 9.17) is 14.2 Å². The summed E-state index contributed by atoms with van der Waals surface area (Å²) in [6.45, 7) is 1.63. The van der Waals surface area contributed by atoms with Gasteiger partial charge in [-0.25, -0.2) is 4.90 Å². The minimum absolute atomic E-state index is 0.00337. The number of nitrogens with one attached hydrogen (secondary N) is 1. The molecule has 0 aromatic heterocycles. The van der Waals surface area contributed by atoms with Gasteiger partial charge >= 0.3 is 0 Å². The molecule has 0 saturated carbocycles. The second kappa shape index (κ2) is 9.89. The number of carbonyl (C=O) groups excluding carboxylic acids is 2. The molecule has 1 aliphatic carbocycles. The minimum Gasteiger partial charge on any atom is -0.493 e. The van der Waals surface area contributed by atoms with Gasteiger partial charge in [0.2, 0.25) is 0 Å².